The molecule has 0 N–H and O–H groups in total. The molecule has 7 heteroatoms. The first kappa shape index (κ1) is 13.0. The van der Waals surface area contributed by atoms with E-state index in [2.05, 4.69) is 15.5 Å². The Kier molecular flexibility index (Phi) is 3.98. The van der Waals surface area contributed by atoms with Gasteiger partial charge in [-0.3, -0.25) is 4.79 Å². The molecule has 1 aromatic heterocycles. The minimum atomic E-state index is -0.179. The maximum atomic E-state index is 11.2. The largest absolute Gasteiger partial charge is 0.299 e. The van der Waals surface area contributed by atoms with Crippen molar-refractivity contribution in [2.24, 2.45) is 0 Å². The summed E-state index contributed by atoms with van der Waals surface area (Å²) in [5.74, 6) is 0.0886. The van der Waals surface area contributed by atoms with Gasteiger partial charge >= 0.3 is 0 Å². The highest BCUT2D eigenvalue weighted by Crippen LogP contribution is 2.23. The first-order valence-electron chi connectivity index (χ1n) is 5.29. The Morgan fingerprint density at radius 3 is 2.67 bits per heavy atom. The number of rotatable bonds is 4. The molecule has 2 aromatic rings. The number of halogens is 1. The van der Waals surface area contributed by atoms with Gasteiger partial charge in [-0.15, -0.1) is 5.10 Å². The van der Waals surface area contributed by atoms with Crippen LogP contribution in [0.3, 0.4) is 0 Å². The summed E-state index contributed by atoms with van der Waals surface area (Å²) in [4.78, 5) is 11.2. The topological polar surface area (TPSA) is 60.7 Å². The lowest BCUT2D eigenvalue weighted by Crippen LogP contribution is -2.10. The van der Waals surface area contributed by atoms with Gasteiger partial charge < -0.3 is 0 Å². The number of carbonyl (C=O) groups is 1. The van der Waals surface area contributed by atoms with Gasteiger partial charge in [-0.05, 0) is 48.5 Å². The van der Waals surface area contributed by atoms with Crippen LogP contribution >= 0.6 is 23.4 Å². The molecule has 1 aromatic carbocycles. The van der Waals surface area contributed by atoms with E-state index in [0.29, 0.717) is 10.2 Å². The van der Waals surface area contributed by atoms with Crippen LogP contribution < -0.4 is 0 Å². The van der Waals surface area contributed by atoms with Gasteiger partial charge in [-0.2, -0.15) is 4.68 Å². The van der Waals surface area contributed by atoms with Gasteiger partial charge in [-0.1, -0.05) is 23.4 Å². The zero-order chi connectivity index (χ0) is 13.1. The number of ketones is 1. The second-order valence-corrected chi connectivity index (χ2v) is 5.46. The van der Waals surface area contributed by atoms with Crippen LogP contribution in [0.15, 0.2) is 29.4 Å². The summed E-state index contributed by atoms with van der Waals surface area (Å²) in [7, 11) is 0. The van der Waals surface area contributed by atoms with Gasteiger partial charge in [0.05, 0.1) is 10.9 Å². The van der Waals surface area contributed by atoms with E-state index < -0.39 is 0 Å². The van der Waals surface area contributed by atoms with Crippen molar-refractivity contribution in [1.82, 2.24) is 20.2 Å². The molecule has 1 heterocycles. The van der Waals surface area contributed by atoms with Crippen molar-refractivity contribution >= 4 is 29.1 Å². The predicted molar refractivity (Wildman–Crippen MR) is 70.2 cm³/mol. The maximum Gasteiger partial charge on any atom is 0.214 e. The Morgan fingerprint density at radius 2 is 2.06 bits per heavy atom. The minimum Gasteiger partial charge on any atom is -0.299 e. The average molecular weight is 283 g/mol. The van der Waals surface area contributed by atoms with Gasteiger partial charge in [0, 0.05) is 5.02 Å². The van der Waals surface area contributed by atoms with Crippen molar-refractivity contribution in [2.75, 3.05) is 0 Å². The molecule has 1 atom stereocenters. The van der Waals surface area contributed by atoms with Crippen molar-refractivity contribution in [2.45, 2.75) is 24.3 Å². The number of aromatic nitrogens is 4. The van der Waals surface area contributed by atoms with Crippen LogP contribution in [0.5, 0.6) is 0 Å². The van der Waals surface area contributed by atoms with E-state index in [0.717, 1.165) is 5.69 Å². The van der Waals surface area contributed by atoms with Gasteiger partial charge in [0.25, 0.3) is 0 Å². The van der Waals surface area contributed by atoms with E-state index in [1.54, 1.807) is 23.7 Å². The number of carbonyl (C=O) groups excluding carboxylic acids is 1. The molecule has 0 saturated carbocycles. The standard InChI is InChI=1S/C11H11ClN4OS/c1-7(17)8(2)18-11-13-14-15-16(11)10-5-3-9(12)4-6-10/h3-6,8H,1-2H3. The first-order chi connectivity index (χ1) is 8.58. The van der Waals surface area contributed by atoms with E-state index in [1.165, 1.54) is 11.8 Å². The smallest absolute Gasteiger partial charge is 0.214 e. The van der Waals surface area contributed by atoms with Crippen molar-refractivity contribution in [3.05, 3.63) is 29.3 Å². The number of Topliss-reactive ketones (excluding diaryl/α,β-unsaturated/α-hetero) is 1. The highest BCUT2D eigenvalue weighted by Gasteiger charge is 2.15. The van der Waals surface area contributed by atoms with Crippen LogP contribution in [0.4, 0.5) is 0 Å². The Balaban J connectivity index is 2.27. The second kappa shape index (κ2) is 5.49. The number of hydrogen-bond donors (Lipinski definition) is 0. The highest BCUT2D eigenvalue weighted by atomic mass is 35.5. The quantitative estimate of drug-likeness (QED) is 0.806. The summed E-state index contributed by atoms with van der Waals surface area (Å²) in [5, 5.41) is 12.5. The zero-order valence-electron chi connectivity index (χ0n) is 9.87. The van der Waals surface area contributed by atoms with Crippen molar-refractivity contribution in [3.63, 3.8) is 0 Å². The summed E-state index contributed by atoms with van der Waals surface area (Å²) in [6.07, 6.45) is 0. The van der Waals surface area contributed by atoms with Crippen molar-refractivity contribution < 1.29 is 4.79 Å². The minimum absolute atomic E-state index is 0.0886. The zero-order valence-corrected chi connectivity index (χ0v) is 11.4. The number of nitrogens with zero attached hydrogens (tertiary/aromatic N) is 4. The van der Waals surface area contributed by atoms with Crippen LogP contribution in [-0.2, 0) is 4.79 Å². The molecule has 0 fully saturated rings. The van der Waals surface area contributed by atoms with Crippen LogP contribution in [0.25, 0.3) is 5.69 Å². The molecule has 0 saturated heterocycles. The van der Waals surface area contributed by atoms with Gasteiger partial charge in [0.2, 0.25) is 5.16 Å². The first-order valence-corrected chi connectivity index (χ1v) is 6.55. The molecule has 0 radical (unpaired) electrons. The molecule has 0 aliphatic rings. The number of tetrazole rings is 1. The molecule has 0 amide bonds. The Labute approximate surface area is 114 Å². The highest BCUT2D eigenvalue weighted by molar-refractivity contribution is 8.00. The predicted octanol–water partition coefficient (Wildman–Crippen LogP) is 2.39. The van der Waals surface area contributed by atoms with E-state index in [9.17, 15) is 4.79 Å². The third kappa shape index (κ3) is 2.88. The maximum absolute atomic E-state index is 11.2. The van der Waals surface area contributed by atoms with E-state index >= 15 is 0 Å². The summed E-state index contributed by atoms with van der Waals surface area (Å²) in [5.41, 5.74) is 0.808. The van der Waals surface area contributed by atoms with Gasteiger partial charge in [-0.25, -0.2) is 0 Å². The SMILES string of the molecule is CC(=O)C(C)Sc1nnnn1-c1ccc(Cl)cc1. The summed E-state index contributed by atoms with van der Waals surface area (Å²) in [6.45, 7) is 3.38. The molecule has 5 nitrogen and oxygen atoms in total. The molecular weight excluding hydrogens is 272 g/mol. The molecule has 0 aliphatic carbocycles. The van der Waals surface area contributed by atoms with E-state index in [4.69, 9.17) is 11.6 Å². The second-order valence-electron chi connectivity index (χ2n) is 3.72. The number of hydrogen-bond acceptors (Lipinski definition) is 5. The lowest BCUT2D eigenvalue weighted by molar-refractivity contribution is -0.116. The van der Waals surface area contributed by atoms with E-state index in [1.807, 2.05) is 19.1 Å². The van der Waals surface area contributed by atoms with Crippen LogP contribution in [0.2, 0.25) is 5.02 Å². The van der Waals surface area contributed by atoms with Crippen LogP contribution in [0, 0.1) is 0 Å². The van der Waals surface area contributed by atoms with Gasteiger partial charge in [0.1, 0.15) is 5.78 Å². The fraction of sp³-hybridized carbons (Fsp3) is 0.273. The lowest BCUT2D eigenvalue weighted by atomic mass is 10.3. The summed E-state index contributed by atoms with van der Waals surface area (Å²) >= 11 is 7.16. The molecular formula is C11H11ClN4OS. The van der Waals surface area contributed by atoms with E-state index in [-0.39, 0.29) is 11.0 Å². The average Bonchev–Trinajstić information content (AvgIpc) is 2.78. The van der Waals surface area contributed by atoms with Gasteiger partial charge in [0.15, 0.2) is 0 Å². The Hall–Kier alpha value is -1.40. The van der Waals surface area contributed by atoms with Crippen molar-refractivity contribution in [1.29, 1.82) is 0 Å². The number of benzene rings is 1. The van der Waals surface area contributed by atoms with Crippen molar-refractivity contribution in [3.8, 4) is 5.69 Å². The summed E-state index contributed by atoms with van der Waals surface area (Å²) in [6, 6.07) is 7.17. The fourth-order valence-electron chi connectivity index (χ4n) is 1.24. The normalized spacial score (nSPS) is 12.4. The monoisotopic (exact) mass is 282 g/mol. The third-order valence-corrected chi connectivity index (χ3v) is 3.77. The molecule has 0 spiro atoms. The van der Waals surface area contributed by atoms with Crippen LogP contribution in [-0.4, -0.2) is 31.2 Å². The lowest BCUT2D eigenvalue weighted by Gasteiger charge is -2.07. The fourth-order valence-corrected chi connectivity index (χ4v) is 2.17. The number of thioether (sulfide) groups is 1. The molecule has 0 aliphatic heterocycles. The molecule has 0 bridgehead atoms. The third-order valence-electron chi connectivity index (χ3n) is 2.37. The Bertz CT molecular complexity index is 554. The molecule has 2 rings (SSSR count). The molecule has 1 unspecified atom stereocenters. The Morgan fingerprint density at radius 1 is 1.39 bits per heavy atom. The van der Waals surface area contributed by atoms with Crippen LogP contribution in [0.1, 0.15) is 13.8 Å². The molecule has 94 valence electrons. The molecule has 18 heavy (non-hydrogen) atoms. The summed E-state index contributed by atoms with van der Waals surface area (Å²) < 4.78 is 1.58.